The standard InChI is InChI=1S/C21H20O5/c22-17(15-8-9-25-12-15)10-16-11-18(23)20(21(24)26-16)19(14-6-7-14)13-4-2-1-3-5-13/h1-5,8-9,11-12,14,17,19,22-23H,6-7,10H2. The Balaban J connectivity index is 1.66. The first-order chi connectivity index (χ1) is 12.6. The topological polar surface area (TPSA) is 83.8 Å². The molecule has 2 aromatic heterocycles. The second-order valence-corrected chi connectivity index (χ2v) is 6.80. The predicted molar refractivity (Wildman–Crippen MR) is 95.0 cm³/mol. The smallest absolute Gasteiger partial charge is 0.343 e. The van der Waals surface area contributed by atoms with Gasteiger partial charge in [0.2, 0.25) is 0 Å². The predicted octanol–water partition coefficient (Wildman–Crippen LogP) is 3.76. The van der Waals surface area contributed by atoms with Crippen molar-refractivity contribution >= 4 is 0 Å². The van der Waals surface area contributed by atoms with Crippen molar-refractivity contribution in [2.45, 2.75) is 31.3 Å². The highest BCUT2D eigenvalue weighted by Crippen LogP contribution is 2.47. The molecule has 0 saturated heterocycles. The number of furan rings is 1. The van der Waals surface area contributed by atoms with Crippen molar-refractivity contribution in [1.29, 1.82) is 0 Å². The van der Waals surface area contributed by atoms with Crippen molar-refractivity contribution in [3.63, 3.8) is 0 Å². The maximum atomic E-state index is 12.6. The van der Waals surface area contributed by atoms with E-state index in [0.29, 0.717) is 17.0 Å². The molecule has 5 nitrogen and oxygen atoms in total. The third kappa shape index (κ3) is 3.30. The van der Waals surface area contributed by atoms with E-state index in [1.807, 2.05) is 30.3 Å². The van der Waals surface area contributed by atoms with E-state index in [2.05, 4.69) is 0 Å². The summed E-state index contributed by atoms with van der Waals surface area (Å²) in [6.45, 7) is 0. The van der Waals surface area contributed by atoms with Crippen LogP contribution in [0.3, 0.4) is 0 Å². The lowest BCUT2D eigenvalue weighted by Crippen LogP contribution is -2.17. The molecule has 2 heterocycles. The molecule has 0 aliphatic heterocycles. The molecule has 134 valence electrons. The Morgan fingerprint density at radius 1 is 1.12 bits per heavy atom. The molecule has 2 atom stereocenters. The first kappa shape index (κ1) is 16.7. The van der Waals surface area contributed by atoms with Gasteiger partial charge in [-0.05, 0) is 30.4 Å². The number of aliphatic hydroxyl groups excluding tert-OH is 1. The van der Waals surface area contributed by atoms with Crippen LogP contribution in [0.25, 0.3) is 0 Å². The second kappa shape index (κ2) is 6.84. The van der Waals surface area contributed by atoms with Gasteiger partial charge in [0.25, 0.3) is 0 Å². The Morgan fingerprint density at radius 3 is 2.50 bits per heavy atom. The molecule has 26 heavy (non-hydrogen) atoms. The summed E-state index contributed by atoms with van der Waals surface area (Å²) >= 11 is 0. The molecule has 1 saturated carbocycles. The summed E-state index contributed by atoms with van der Waals surface area (Å²) in [5, 5.41) is 20.8. The van der Waals surface area contributed by atoms with E-state index < -0.39 is 11.7 Å². The summed E-state index contributed by atoms with van der Waals surface area (Å²) in [7, 11) is 0. The molecule has 0 spiro atoms. The molecule has 1 fully saturated rings. The lowest BCUT2D eigenvalue weighted by Gasteiger charge is -2.18. The van der Waals surface area contributed by atoms with E-state index in [-0.39, 0.29) is 23.8 Å². The Kier molecular flexibility index (Phi) is 4.39. The van der Waals surface area contributed by atoms with Crippen LogP contribution in [-0.2, 0) is 6.42 Å². The van der Waals surface area contributed by atoms with Crippen LogP contribution in [0.4, 0.5) is 0 Å². The van der Waals surface area contributed by atoms with Crippen molar-refractivity contribution in [2.75, 3.05) is 0 Å². The Morgan fingerprint density at radius 2 is 1.88 bits per heavy atom. The summed E-state index contributed by atoms with van der Waals surface area (Å²) in [5.74, 6) is 0.345. The monoisotopic (exact) mass is 352 g/mol. The molecule has 0 bridgehead atoms. The highest BCUT2D eigenvalue weighted by molar-refractivity contribution is 5.41. The lowest BCUT2D eigenvalue weighted by atomic mass is 9.87. The fraction of sp³-hybridized carbons (Fsp3) is 0.286. The van der Waals surface area contributed by atoms with Crippen LogP contribution in [0, 0.1) is 5.92 Å². The first-order valence-electron chi connectivity index (χ1n) is 8.74. The molecular weight excluding hydrogens is 332 g/mol. The van der Waals surface area contributed by atoms with Gasteiger partial charge in [0.15, 0.2) is 0 Å². The van der Waals surface area contributed by atoms with Crippen molar-refractivity contribution < 1.29 is 19.0 Å². The SMILES string of the molecule is O=c1oc(CC(O)c2ccoc2)cc(O)c1C(c1ccccc1)C1CC1. The van der Waals surface area contributed by atoms with Gasteiger partial charge in [-0.1, -0.05) is 30.3 Å². The van der Waals surface area contributed by atoms with E-state index in [1.165, 1.54) is 18.6 Å². The molecule has 4 rings (SSSR count). The fourth-order valence-electron chi connectivity index (χ4n) is 3.46. The number of rotatable bonds is 6. The van der Waals surface area contributed by atoms with Crippen LogP contribution in [0.1, 0.15) is 47.3 Å². The third-order valence-corrected chi connectivity index (χ3v) is 4.90. The Labute approximate surface area is 150 Å². The molecular formula is C21H20O5. The molecule has 1 aromatic carbocycles. The molecule has 0 amide bonds. The summed E-state index contributed by atoms with van der Waals surface area (Å²) < 4.78 is 10.4. The van der Waals surface area contributed by atoms with E-state index in [9.17, 15) is 15.0 Å². The normalized spacial score (nSPS) is 16.3. The fourth-order valence-corrected chi connectivity index (χ4v) is 3.46. The Hall–Kier alpha value is -2.79. The van der Waals surface area contributed by atoms with Gasteiger partial charge in [0, 0.05) is 24.0 Å². The zero-order valence-electron chi connectivity index (χ0n) is 14.2. The zero-order chi connectivity index (χ0) is 18.1. The third-order valence-electron chi connectivity index (χ3n) is 4.90. The van der Waals surface area contributed by atoms with Crippen LogP contribution in [0.2, 0.25) is 0 Å². The van der Waals surface area contributed by atoms with Gasteiger partial charge in [-0.25, -0.2) is 4.79 Å². The van der Waals surface area contributed by atoms with Crippen LogP contribution in [0.15, 0.2) is 68.6 Å². The van der Waals surface area contributed by atoms with Gasteiger partial charge in [0.1, 0.15) is 11.5 Å². The molecule has 5 heteroatoms. The molecule has 2 unspecified atom stereocenters. The van der Waals surface area contributed by atoms with Gasteiger partial charge in [-0.15, -0.1) is 0 Å². The highest BCUT2D eigenvalue weighted by atomic mass is 16.4. The summed E-state index contributed by atoms with van der Waals surface area (Å²) in [4.78, 5) is 12.6. The van der Waals surface area contributed by atoms with Gasteiger partial charge in [-0.2, -0.15) is 0 Å². The minimum Gasteiger partial charge on any atom is -0.507 e. The van der Waals surface area contributed by atoms with E-state index in [4.69, 9.17) is 8.83 Å². The number of aromatic hydroxyl groups is 1. The quantitative estimate of drug-likeness (QED) is 0.706. The van der Waals surface area contributed by atoms with E-state index >= 15 is 0 Å². The molecule has 0 radical (unpaired) electrons. The number of benzene rings is 1. The van der Waals surface area contributed by atoms with Crippen molar-refractivity contribution in [3.8, 4) is 5.75 Å². The Bertz CT molecular complexity index is 923. The summed E-state index contributed by atoms with van der Waals surface area (Å²) in [5.41, 5.74) is 1.36. The van der Waals surface area contributed by atoms with Gasteiger partial charge in [-0.3, -0.25) is 0 Å². The van der Waals surface area contributed by atoms with Crippen molar-refractivity contribution in [3.05, 3.63) is 87.9 Å². The lowest BCUT2D eigenvalue weighted by molar-refractivity contribution is 0.167. The van der Waals surface area contributed by atoms with E-state index in [1.54, 1.807) is 6.07 Å². The molecule has 2 N–H and O–H groups in total. The largest absolute Gasteiger partial charge is 0.507 e. The second-order valence-electron chi connectivity index (χ2n) is 6.80. The summed E-state index contributed by atoms with van der Waals surface area (Å²) in [6.07, 6.45) is 4.18. The first-order valence-corrected chi connectivity index (χ1v) is 8.74. The van der Waals surface area contributed by atoms with Crippen LogP contribution >= 0.6 is 0 Å². The van der Waals surface area contributed by atoms with Gasteiger partial charge >= 0.3 is 5.63 Å². The maximum absolute atomic E-state index is 12.6. The number of aliphatic hydroxyl groups is 1. The van der Waals surface area contributed by atoms with Gasteiger partial charge < -0.3 is 19.0 Å². The molecule has 1 aliphatic carbocycles. The van der Waals surface area contributed by atoms with E-state index in [0.717, 1.165) is 18.4 Å². The highest BCUT2D eigenvalue weighted by Gasteiger charge is 2.37. The van der Waals surface area contributed by atoms with Crippen LogP contribution in [0.5, 0.6) is 5.75 Å². The van der Waals surface area contributed by atoms with Crippen LogP contribution in [-0.4, -0.2) is 10.2 Å². The number of hydrogen-bond donors (Lipinski definition) is 2. The number of hydrogen-bond acceptors (Lipinski definition) is 5. The van der Waals surface area contributed by atoms with Crippen LogP contribution < -0.4 is 5.63 Å². The zero-order valence-corrected chi connectivity index (χ0v) is 14.2. The van der Waals surface area contributed by atoms with Crippen molar-refractivity contribution in [1.82, 2.24) is 0 Å². The average Bonchev–Trinajstić information content (AvgIpc) is 3.30. The minimum absolute atomic E-state index is 0.0728. The summed E-state index contributed by atoms with van der Waals surface area (Å²) in [6, 6.07) is 12.8. The maximum Gasteiger partial charge on any atom is 0.343 e. The van der Waals surface area contributed by atoms with Gasteiger partial charge in [0.05, 0.1) is 24.2 Å². The minimum atomic E-state index is -0.865. The molecule has 3 aromatic rings. The van der Waals surface area contributed by atoms with Crippen molar-refractivity contribution in [2.24, 2.45) is 5.92 Å². The average molecular weight is 352 g/mol. The molecule has 1 aliphatic rings.